The van der Waals surface area contributed by atoms with Crippen molar-refractivity contribution in [2.24, 2.45) is 0 Å². The molecular weight excluding hydrogens is 369 g/mol. The maximum absolute atomic E-state index is 12.8. The number of hydrogen-bond donors (Lipinski definition) is 1. The van der Waals surface area contributed by atoms with Crippen LogP contribution in [0.3, 0.4) is 0 Å². The van der Waals surface area contributed by atoms with Gasteiger partial charge in [0.15, 0.2) is 0 Å². The monoisotopic (exact) mass is 386 g/mol. The van der Waals surface area contributed by atoms with Crippen molar-refractivity contribution in [1.82, 2.24) is 14.9 Å². The maximum Gasteiger partial charge on any atom is 0.433 e. The molecule has 1 aromatic carbocycles. The van der Waals surface area contributed by atoms with E-state index in [4.69, 9.17) is 11.6 Å². The number of piperazine rings is 1. The van der Waals surface area contributed by atoms with Crippen LogP contribution < -0.4 is 4.90 Å². The summed E-state index contributed by atoms with van der Waals surface area (Å²) in [6.07, 6.45) is -3.36. The second-order valence-electron chi connectivity index (χ2n) is 6.01. The van der Waals surface area contributed by atoms with Crippen molar-refractivity contribution in [3.63, 3.8) is 0 Å². The average molecular weight is 387 g/mol. The Labute approximate surface area is 154 Å². The molecule has 9 heteroatoms. The van der Waals surface area contributed by atoms with Crippen molar-refractivity contribution in [3.05, 3.63) is 52.8 Å². The van der Waals surface area contributed by atoms with Gasteiger partial charge in [-0.2, -0.15) is 13.2 Å². The van der Waals surface area contributed by atoms with Gasteiger partial charge in [0.05, 0.1) is 12.6 Å². The van der Waals surface area contributed by atoms with Crippen LogP contribution in [0.5, 0.6) is 0 Å². The van der Waals surface area contributed by atoms with E-state index in [0.717, 1.165) is 17.8 Å². The Bertz CT molecular complexity index is 734. The zero-order valence-corrected chi connectivity index (χ0v) is 14.6. The minimum absolute atomic E-state index is 0.0539. The first-order chi connectivity index (χ1) is 12.4. The van der Waals surface area contributed by atoms with Crippen molar-refractivity contribution < 1.29 is 18.3 Å². The van der Waals surface area contributed by atoms with Crippen molar-refractivity contribution in [3.8, 4) is 0 Å². The van der Waals surface area contributed by atoms with Gasteiger partial charge in [-0.05, 0) is 23.8 Å². The van der Waals surface area contributed by atoms with Gasteiger partial charge in [0.2, 0.25) is 5.95 Å². The number of aromatic nitrogens is 2. The van der Waals surface area contributed by atoms with Gasteiger partial charge < -0.3 is 10.0 Å². The molecule has 0 bridgehead atoms. The first-order valence-corrected chi connectivity index (χ1v) is 8.52. The predicted molar refractivity (Wildman–Crippen MR) is 92.1 cm³/mol. The number of halogens is 4. The lowest BCUT2D eigenvalue weighted by Gasteiger charge is -2.39. The van der Waals surface area contributed by atoms with E-state index in [1.165, 1.54) is 0 Å². The van der Waals surface area contributed by atoms with E-state index in [2.05, 4.69) is 14.9 Å². The van der Waals surface area contributed by atoms with Crippen molar-refractivity contribution in [2.45, 2.75) is 12.2 Å². The van der Waals surface area contributed by atoms with Crippen LogP contribution in [-0.2, 0) is 6.18 Å². The zero-order valence-electron chi connectivity index (χ0n) is 13.8. The number of benzene rings is 1. The van der Waals surface area contributed by atoms with E-state index in [0.29, 0.717) is 31.2 Å². The van der Waals surface area contributed by atoms with E-state index >= 15 is 0 Å². The van der Waals surface area contributed by atoms with Gasteiger partial charge in [-0.25, -0.2) is 9.97 Å². The number of alkyl halides is 3. The van der Waals surface area contributed by atoms with Crippen molar-refractivity contribution in [2.75, 3.05) is 37.7 Å². The van der Waals surface area contributed by atoms with Crippen molar-refractivity contribution in [1.29, 1.82) is 0 Å². The lowest BCUT2D eigenvalue weighted by Crippen LogP contribution is -2.49. The summed E-state index contributed by atoms with van der Waals surface area (Å²) in [4.78, 5) is 11.4. The van der Waals surface area contributed by atoms with Crippen molar-refractivity contribution >= 4 is 17.5 Å². The Morgan fingerprint density at radius 2 is 1.73 bits per heavy atom. The van der Waals surface area contributed by atoms with Crippen LogP contribution in [-0.4, -0.2) is 52.8 Å². The number of anilines is 1. The molecule has 1 aliphatic rings. The summed E-state index contributed by atoms with van der Waals surface area (Å²) in [5, 5.41) is 10.4. The molecule has 0 aliphatic carbocycles. The molecule has 2 aromatic rings. The van der Waals surface area contributed by atoms with Gasteiger partial charge in [0.25, 0.3) is 0 Å². The summed E-state index contributed by atoms with van der Waals surface area (Å²) in [5.74, 6) is 0.0755. The molecule has 0 spiro atoms. The lowest BCUT2D eigenvalue weighted by atomic mass is 10.1. The maximum atomic E-state index is 12.8. The molecule has 140 valence electrons. The average Bonchev–Trinajstić information content (AvgIpc) is 2.64. The Hall–Kier alpha value is -1.90. The van der Waals surface area contributed by atoms with Gasteiger partial charge in [-0.3, -0.25) is 4.90 Å². The highest BCUT2D eigenvalue weighted by atomic mass is 35.5. The molecule has 0 saturated carbocycles. The van der Waals surface area contributed by atoms with Crippen LogP contribution in [0.15, 0.2) is 36.5 Å². The van der Waals surface area contributed by atoms with Crippen LogP contribution >= 0.6 is 11.6 Å². The van der Waals surface area contributed by atoms with E-state index in [9.17, 15) is 18.3 Å². The quantitative estimate of drug-likeness (QED) is 0.875. The summed E-state index contributed by atoms with van der Waals surface area (Å²) in [7, 11) is 0. The molecule has 0 radical (unpaired) electrons. The van der Waals surface area contributed by atoms with E-state index in [-0.39, 0.29) is 18.6 Å². The van der Waals surface area contributed by atoms with Crippen LogP contribution in [0.2, 0.25) is 5.02 Å². The fraction of sp³-hybridized carbons (Fsp3) is 0.412. The lowest BCUT2D eigenvalue weighted by molar-refractivity contribution is -0.141. The third kappa shape index (κ3) is 4.25. The van der Waals surface area contributed by atoms with E-state index < -0.39 is 11.9 Å². The smallest absolute Gasteiger partial charge is 0.394 e. The summed E-state index contributed by atoms with van der Waals surface area (Å²) < 4.78 is 38.4. The molecule has 1 aliphatic heterocycles. The summed E-state index contributed by atoms with van der Waals surface area (Å²) >= 11 is 5.90. The van der Waals surface area contributed by atoms with Gasteiger partial charge >= 0.3 is 6.18 Å². The molecule has 1 fully saturated rings. The largest absolute Gasteiger partial charge is 0.433 e. The van der Waals surface area contributed by atoms with Gasteiger partial charge in [-0.15, -0.1) is 0 Å². The molecule has 1 atom stereocenters. The third-order valence-corrected chi connectivity index (χ3v) is 4.65. The highest BCUT2D eigenvalue weighted by molar-refractivity contribution is 6.30. The fourth-order valence-corrected chi connectivity index (χ4v) is 3.13. The van der Waals surface area contributed by atoms with Crippen LogP contribution in [0.1, 0.15) is 17.3 Å². The zero-order chi connectivity index (χ0) is 18.7. The Morgan fingerprint density at radius 1 is 1.08 bits per heavy atom. The minimum Gasteiger partial charge on any atom is -0.394 e. The molecule has 1 saturated heterocycles. The Balaban J connectivity index is 1.68. The normalized spacial score (nSPS) is 17.3. The highest BCUT2D eigenvalue weighted by Crippen LogP contribution is 2.29. The molecule has 1 N–H and O–H groups in total. The summed E-state index contributed by atoms with van der Waals surface area (Å²) in [5.41, 5.74) is -0.00000246. The summed E-state index contributed by atoms with van der Waals surface area (Å²) in [6.45, 7) is 2.05. The van der Waals surface area contributed by atoms with E-state index in [1.807, 2.05) is 12.1 Å². The molecule has 26 heavy (non-hydrogen) atoms. The molecular formula is C17H18ClF3N4O. The van der Waals surface area contributed by atoms with Gasteiger partial charge in [0.1, 0.15) is 5.69 Å². The Kier molecular flexibility index (Phi) is 5.64. The molecule has 5 nitrogen and oxygen atoms in total. The minimum atomic E-state index is -4.49. The standard InChI is InChI=1S/C17H18ClF3N4O/c18-13-3-1-12(2-4-13)14(11-26)24-7-9-25(10-8-24)16-22-6-5-15(23-16)17(19,20)21/h1-6,14,26H,7-11H2. The summed E-state index contributed by atoms with van der Waals surface area (Å²) in [6, 6.07) is 7.95. The first-order valence-electron chi connectivity index (χ1n) is 8.14. The molecule has 0 amide bonds. The van der Waals surface area contributed by atoms with Crippen LogP contribution in [0, 0.1) is 0 Å². The fourth-order valence-electron chi connectivity index (χ4n) is 3.01. The Morgan fingerprint density at radius 3 is 2.31 bits per heavy atom. The van der Waals surface area contributed by atoms with Gasteiger partial charge in [-0.1, -0.05) is 23.7 Å². The number of aliphatic hydroxyl groups is 1. The highest BCUT2D eigenvalue weighted by Gasteiger charge is 2.34. The second-order valence-corrected chi connectivity index (χ2v) is 6.45. The van der Waals surface area contributed by atoms with Crippen LogP contribution in [0.4, 0.5) is 19.1 Å². The van der Waals surface area contributed by atoms with Gasteiger partial charge in [0, 0.05) is 37.4 Å². The first kappa shape index (κ1) is 18.9. The number of nitrogens with zero attached hydrogens (tertiary/aromatic N) is 4. The topological polar surface area (TPSA) is 52.5 Å². The molecule has 1 unspecified atom stereocenters. The SMILES string of the molecule is OCC(c1ccc(Cl)cc1)N1CCN(c2nccc(C(F)(F)F)n2)CC1. The molecule has 3 rings (SSSR count). The number of aliphatic hydroxyl groups excluding tert-OH is 1. The number of hydrogen-bond acceptors (Lipinski definition) is 5. The van der Waals surface area contributed by atoms with E-state index in [1.54, 1.807) is 17.0 Å². The van der Waals surface area contributed by atoms with Crippen LogP contribution in [0.25, 0.3) is 0 Å². The predicted octanol–water partition coefficient (Wildman–Crippen LogP) is 3.00. The third-order valence-electron chi connectivity index (χ3n) is 4.40. The number of rotatable bonds is 4. The second kappa shape index (κ2) is 7.77. The molecule has 1 aromatic heterocycles. The molecule has 2 heterocycles.